The molecular weight excluding hydrogens is 629 g/mol. The number of hydrogen-bond acceptors (Lipinski definition) is 2. The Kier molecular flexibility index (Phi) is 10.7. The molecule has 252 valence electrons. The summed E-state index contributed by atoms with van der Waals surface area (Å²) in [7, 11) is 2.12. The van der Waals surface area contributed by atoms with Gasteiger partial charge in [0.15, 0.2) is 0 Å². The molecule has 0 fully saturated rings. The van der Waals surface area contributed by atoms with Crippen molar-refractivity contribution in [1.82, 2.24) is 0 Å². The summed E-state index contributed by atoms with van der Waals surface area (Å²) in [4.78, 5) is 2.23. The number of rotatable bonds is 11. The van der Waals surface area contributed by atoms with Crippen LogP contribution in [-0.2, 0) is 0 Å². The molecule has 0 saturated heterocycles. The number of nitrogens with one attached hydrogen (secondary N) is 1. The largest absolute Gasteiger partial charge is 0.356 e. The minimum Gasteiger partial charge on any atom is -0.356 e. The average Bonchev–Trinajstić information content (AvgIpc) is 3.22. The number of allylic oxidation sites excluding steroid dienone is 5. The van der Waals surface area contributed by atoms with Gasteiger partial charge in [-0.25, -0.2) is 0 Å². The zero-order valence-electron chi connectivity index (χ0n) is 29.7. The molecule has 2 heteroatoms. The highest BCUT2D eigenvalue weighted by Gasteiger charge is 2.13. The zero-order chi connectivity index (χ0) is 35.5. The Morgan fingerprint density at radius 1 is 0.462 bits per heavy atom. The van der Waals surface area contributed by atoms with Crippen LogP contribution in [0.3, 0.4) is 0 Å². The van der Waals surface area contributed by atoms with Crippen LogP contribution in [0.4, 0.5) is 22.7 Å². The highest BCUT2D eigenvalue weighted by molar-refractivity contribution is 5.97. The van der Waals surface area contributed by atoms with Gasteiger partial charge in [-0.2, -0.15) is 0 Å². The van der Waals surface area contributed by atoms with Crippen molar-refractivity contribution in [3.05, 3.63) is 217 Å². The quantitative estimate of drug-likeness (QED) is 0.109. The van der Waals surface area contributed by atoms with E-state index >= 15 is 0 Å². The lowest BCUT2D eigenvalue weighted by Crippen LogP contribution is -2.08. The molecule has 0 unspecified atom stereocenters. The summed E-state index contributed by atoms with van der Waals surface area (Å²) in [5.74, 6) is 0. The van der Waals surface area contributed by atoms with Crippen LogP contribution >= 0.6 is 0 Å². The van der Waals surface area contributed by atoms with Gasteiger partial charge in [-0.15, -0.1) is 0 Å². The number of hydrogen-bond donors (Lipinski definition) is 1. The Morgan fingerprint density at radius 3 is 1.65 bits per heavy atom. The molecule has 0 heterocycles. The summed E-state index contributed by atoms with van der Waals surface area (Å²) >= 11 is 0. The van der Waals surface area contributed by atoms with E-state index in [-0.39, 0.29) is 0 Å². The molecule has 0 atom stereocenters. The van der Waals surface area contributed by atoms with Crippen LogP contribution < -0.4 is 10.2 Å². The molecule has 0 amide bonds. The van der Waals surface area contributed by atoms with Crippen molar-refractivity contribution < 1.29 is 0 Å². The van der Waals surface area contributed by atoms with E-state index in [1.165, 1.54) is 38.9 Å². The molecule has 0 radical (unpaired) electrons. The van der Waals surface area contributed by atoms with Gasteiger partial charge in [-0.1, -0.05) is 158 Å². The molecule has 7 rings (SSSR count). The number of benzene rings is 7. The maximum absolute atomic E-state index is 3.50. The van der Waals surface area contributed by atoms with Crippen molar-refractivity contribution in [2.45, 2.75) is 6.92 Å². The molecular formula is C50H42N2. The summed E-state index contributed by atoms with van der Waals surface area (Å²) in [6.45, 7) is 2.04. The van der Waals surface area contributed by atoms with Gasteiger partial charge in [0.2, 0.25) is 0 Å². The molecule has 0 aliphatic heterocycles. The predicted octanol–water partition coefficient (Wildman–Crippen LogP) is 13.9. The SMILES string of the molecule is C\C=C/C=C\C(=C\c1ccc(N(C)c2ccc(-c3ccccc3)cc2)cc1)c1ccccc1-c1ccccc1-c1ccc(Nc2ccccc2)cc1. The minimum atomic E-state index is 1.06. The van der Waals surface area contributed by atoms with Gasteiger partial charge < -0.3 is 10.2 Å². The van der Waals surface area contributed by atoms with E-state index < -0.39 is 0 Å². The zero-order valence-corrected chi connectivity index (χ0v) is 29.7. The van der Waals surface area contributed by atoms with Gasteiger partial charge in [0.05, 0.1) is 0 Å². The average molecular weight is 671 g/mol. The lowest BCUT2D eigenvalue weighted by molar-refractivity contribution is 1.21. The van der Waals surface area contributed by atoms with Crippen molar-refractivity contribution in [3.8, 4) is 33.4 Å². The van der Waals surface area contributed by atoms with Crippen LogP contribution in [0.25, 0.3) is 45.0 Å². The fourth-order valence-electron chi connectivity index (χ4n) is 6.48. The summed E-state index contributed by atoms with van der Waals surface area (Å²) in [5, 5.41) is 3.50. The number of para-hydroxylation sites is 1. The van der Waals surface area contributed by atoms with Crippen molar-refractivity contribution in [3.63, 3.8) is 0 Å². The molecule has 1 N–H and O–H groups in total. The van der Waals surface area contributed by atoms with Crippen molar-refractivity contribution >= 4 is 34.4 Å². The first-order valence-electron chi connectivity index (χ1n) is 17.8. The Bertz CT molecular complexity index is 2300. The molecule has 0 saturated carbocycles. The molecule has 2 nitrogen and oxygen atoms in total. The summed E-state index contributed by atoms with van der Waals surface area (Å²) in [5.41, 5.74) is 15.1. The number of anilines is 4. The first kappa shape index (κ1) is 33.8. The van der Waals surface area contributed by atoms with E-state index in [0.29, 0.717) is 0 Å². The van der Waals surface area contributed by atoms with Gasteiger partial charge in [-0.05, 0) is 112 Å². The molecule has 0 aromatic heterocycles. The molecule has 0 bridgehead atoms. The highest BCUT2D eigenvalue weighted by atomic mass is 15.1. The minimum absolute atomic E-state index is 1.06. The van der Waals surface area contributed by atoms with Crippen LogP contribution in [0.15, 0.2) is 206 Å². The second-order valence-electron chi connectivity index (χ2n) is 12.7. The fourth-order valence-corrected chi connectivity index (χ4v) is 6.48. The van der Waals surface area contributed by atoms with Gasteiger partial charge in [0.1, 0.15) is 0 Å². The van der Waals surface area contributed by atoms with E-state index in [9.17, 15) is 0 Å². The smallest absolute Gasteiger partial charge is 0.0408 e. The van der Waals surface area contributed by atoms with E-state index in [2.05, 4.69) is 211 Å². The fraction of sp³-hybridized carbons (Fsp3) is 0.0400. The Hall–Kier alpha value is -6.64. The predicted molar refractivity (Wildman–Crippen MR) is 225 cm³/mol. The van der Waals surface area contributed by atoms with Gasteiger partial charge in [-0.3, -0.25) is 0 Å². The third kappa shape index (κ3) is 8.04. The molecule has 7 aromatic carbocycles. The van der Waals surface area contributed by atoms with E-state index in [0.717, 1.165) is 33.9 Å². The van der Waals surface area contributed by atoms with Gasteiger partial charge in [0, 0.05) is 29.8 Å². The lowest BCUT2D eigenvalue weighted by Gasteiger charge is -2.20. The maximum Gasteiger partial charge on any atom is 0.0408 e. The standard InChI is InChI=1S/C50H42N2/c1-3-4-7-18-42(37-38-25-33-45(34-26-38)52(2)46-35-29-40(30-36-46)39-16-8-5-9-17-39)48-22-13-15-24-50(48)49-23-14-12-21-47(49)41-27-31-44(32-28-41)51-43-19-10-6-11-20-43/h3-37,51H,1-2H3/b4-3-,18-7-,42-37-. The molecule has 7 aromatic rings. The topological polar surface area (TPSA) is 15.3 Å². The van der Waals surface area contributed by atoms with Crippen LogP contribution in [0.1, 0.15) is 18.1 Å². The maximum atomic E-state index is 3.50. The molecule has 0 aliphatic rings. The van der Waals surface area contributed by atoms with E-state index in [1.807, 2.05) is 25.1 Å². The lowest BCUT2D eigenvalue weighted by atomic mass is 9.88. The van der Waals surface area contributed by atoms with Gasteiger partial charge in [0.25, 0.3) is 0 Å². The number of nitrogens with zero attached hydrogens (tertiary/aromatic N) is 1. The van der Waals surface area contributed by atoms with E-state index in [1.54, 1.807) is 0 Å². The van der Waals surface area contributed by atoms with Crippen LogP contribution in [0.2, 0.25) is 0 Å². The molecule has 52 heavy (non-hydrogen) atoms. The van der Waals surface area contributed by atoms with Crippen molar-refractivity contribution in [2.75, 3.05) is 17.3 Å². The summed E-state index contributed by atoms with van der Waals surface area (Å²) < 4.78 is 0. The summed E-state index contributed by atoms with van der Waals surface area (Å²) in [6, 6.07) is 64.4. The van der Waals surface area contributed by atoms with Crippen molar-refractivity contribution in [2.24, 2.45) is 0 Å². The second-order valence-corrected chi connectivity index (χ2v) is 12.7. The monoisotopic (exact) mass is 670 g/mol. The Labute approximate surface area is 308 Å². The van der Waals surface area contributed by atoms with Crippen LogP contribution in [-0.4, -0.2) is 7.05 Å². The molecule has 0 spiro atoms. The first-order chi connectivity index (χ1) is 25.7. The third-order valence-corrected chi connectivity index (χ3v) is 9.26. The van der Waals surface area contributed by atoms with Gasteiger partial charge >= 0.3 is 0 Å². The van der Waals surface area contributed by atoms with Crippen LogP contribution in [0.5, 0.6) is 0 Å². The highest BCUT2D eigenvalue weighted by Crippen LogP contribution is 2.38. The second kappa shape index (κ2) is 16.4. The van der Waals surface area contributed by atoms with Crippen molar-refractivity contribution in [1.29, 1.82) is 0 Å². The normalized spacial score (nSPS) is 11.6. The third-order valence-electron chi connectivity index (χ3n) is 9.26. The molecule has 0 aliphatic carbocycles. The van der Waals surface area contributed by atoms with Crippen LogP contribution in [0, 0.1) is 0 Å². The summed E-state index contributed by atoms with van der Waals surface area (Å²) in [6.07, 6.45) is 10.7. The van der Waals surface area contributed by atoms with E-state index in [4.69, 9.17) is 0 Å². The Balaban J connectivity index is 1.18. The first-order valence-corrected chi connectivity index (χ1v) is 17.8. The Morgan fingerprint density at radius 2 is 0.981 bits per heavy atom.